The number of rotatable bonds is 9. The average Bonchev–Trinajstić information content (AvgIpc) is 3.29. The third-order valence-corrected chi connectivity index (χ3v) is 7.21. The number of hydrogen-bond acceptors (Lipinski definition) is 4. The number of para-hydroxylation sites is 1. The smallest absolute Gasteiger partial charge is 0.230 e. The van der Waals surface area contributed by atoms with E-state index in [2.05, 4.69) is 47.6 Å². The normalized spacial score (nSPS) is 11.0. The van der Waals surface area contributed by atoms with Gasteiger partial charge >= 0.3 is 0 Å². The lowest BCUT2D eigenvalue weighted by Gasteiger charge is -2.18. The number of nitrogens with one attached hydrogen (secondary N) is 1. The Kier molecular flexibility index (Phi) is 8.67. The summed E-state index contributed by atoms with van der Waals surface area (Å²) in [6, 6.07) is 17.5. The molecule has 3 aromatic carbocycles. The molecule has 0 atom stereocenters. The number of benzene rings is 3. The molecule has 0 unspecified atom stereocenters. The first-order valence-corrected chi connectivity index (χ1v) is 13.3. The van der Waals surface area contributed by atoms with Crippen LogP contribution in [-0.2, 0) is 24.2 Å². The van der Waals surface area contributed by atoms with Crippen LogP contribution in [0.15, 0.2) is 65.8 Å². The Morgan fingerprint density at radius 3 is 2.33 bits per heavy atom. The molecule has 0 spiro atoms. The molecule has 4 aromatic rings. The van der Waals surface area contributed by atoms with E-state index < -0.39 is 0 Å². The molecule has 36 heavy (non-hydrogen) atoms. The van der Waals surface area contributed by atoms with Crippen LogP contribution in [0.2, 0.25) is 10.0 Å². The topological polar surface area (TPSA) is 59.8 Å². The van der Waals surface area contributed by atoms with E-state index in [1.807, 2.05) is 10.6 Å². The molecule has 186 valence electrons. The minimum atomic E-state index is -0.310. The maximum absolute atomic E-state index is 13.1. The molecule has 0 aliphatic rings. The molecule has 0 saturated carbocycles. The van der Waals surface area contributed by atoms with E-state index in [4.69, 9.17) is 23.2 Å². The number of nitrogens with zero attached hydrogens (tertiary/aromatic N) is 3. The highest BCUT2D eigenvalue weighted by Gasteiger charge is 2.22. The predicted molar refractivity (Wildman–Crippen MR) is 145 cm³/mol. The molecule has 5 nitrogen and oxygen atoms in total. The van der Waals surface area contributed by atoms with Crippen LogP contribution < -0.4 is 5.32 Å². The second-order valence-corrected chi connectivity index (χ2v) is 9.88. The summed E-state index contributed by atoms with van der Waals surface area (Å²) in [6.07, 6.45) is 1.63. The van der Waals surface area contributed by atoms with Crippen LogP contribution in [0.4, 0.5) is 4.39 Å². The number of carbonyl (C=O) groups is 1. The van der Waals surface area contributed by atoms with E-state index in [0.717, 1.165) is 35.2 Å². The average molecular weight is 543 g/mol. The second kappa shape index (κ2) is 11.9. The van der Waals surface area contributed by atoms with Gasteiger partial charge in [-0.3, -0.25) is 9.36 Å². The quantitative estimate of drug-likeness (QED) is 0.233. The maximum atomic E-state index is 13.1. The number of amides is 1. The molecule has 0 radical (unpaired) electrons. The lowest BCUT2D eigenvalue weighted by molar-refractivity contribution is -0.118. The zero-order chi connectivity index (χ0) is 25.7. The van der Waals surface area contributed by atoms with Crippen molar-refractivity contribution in [2.75, 3.05) is 5.75 Å². The Bertz CT molecular complexity index is 1350. The summed E-state index contributed by atoms with van der Waals surface area (Å²) >= 11 is 14.0. The van der Waals surface area contributed by atoms with Crippen molar-refractivity contribution in [1.82, 2.24) is 20.1 Å². The van der Waals surface area contributed by atoms with Crippen molar-refractivity contribution in [1.29, 1.82) is 0 Å². The molecule has 1 heterocycles. The van der Waals surface area contributed by atoms with Crippen LogP contribution in [0.5, 0.6) is 0 Å². The Hall–Kier alpha value is -2.87. The molecule has 1 aromatic heterocycles. The fourth-order valence-electron chi connectivity index (χ4n) is 3.90. The molecule has 0 saturated heterocycles. The molecule has 9 heteroatoms. The van der Waals surface area contributed by atoms with Gasteiger partial charge in [0.25, 0.3) is 0 Å². The molecule has 0 aliphatic heterocycles. The van der Waals surface area contributed by atoms with Gasteiger partial charge in [-0.25, -0.2) is 4.39 Å². The van der Waals surface area contributed by atoms with Crippen molar-refractivity contribution in [3.63, 3.8) is 0 Å². The predicted octanol–water partition coefficient (Wildman–Crippen LogP) is 6.91. The highest BCUT2D eigenvalue weighted by Crippen LogP contribution is 2.35. The van der Waals surface area contributed by atoms with Gasteiger partial charge in [-0.05, 0) is 59.9 Å². The largest absolute Gasteiger partial charge is 0.351 e. The fourth-order valence-corrected chi connectivity index (χ4v) is 5.16. The van der Waals surface area contributed by atoms with Crippen LogP contribution in [0.1, 0.15) is 30.5 Å². The Morgan fingerprint density at radius 2 is 1.69 bits per heavy atom. The summed E-state index contributed by atoms with van der Waals surface area (Å²) in [7, 11) is 0. The summed E-state index contributed by atoms with van der Waals surface area (Å²) in [4.78, 5) is 12.6. The van der Waals surface area contributed by atoms with Gasteiger partial charge in [-0.15, -0.1) is 10.2 Å². The van der Waals surface area contributed by atoms with Crippen LogP contribution in [0.25, 0.3) is 17.1 Å². The van der Waals surface area contributed by atoms with E-state index in [0.29, 0.717) is 33.1 Å². The summed E-state index contributed by atoms with van der Waals surface area (Å²) in [5.74, 6) is 0.255. The minimum absolute atomic E-state index is 0.142. The number of carbonyl (C=O) groups excluding carboxylic acids is 1. The van der Waals surface area contributed by atoms with Crippen LogP contribution >= 0.6 is 35.0 Å². The van der Waals surface area contributed by atoms with Gasteiger partial charge in [0.2, 0.25) is 5.91 Å². The number of thioether (sulfide) groups is 1. The van der Waals surface area contributed by atoms with Crippen molar-refractivity contribution >= 4 is 40.9 Å². The second-order valence-electron chi connectivity index (χ2n) is 8.09. The van der Waals surface area contributed by atoms with Crippen molar-refractivity contribution in [2.45, 2.75) is 38.4 Å². The molecule has 0 bridgehead atoms. The first kappa shape index (κ1) is 26.2. The molecular formula is C27H25Cl2FN4OS. The lowest BCUT2D eigenvalue weighted by Crippen LogP contribution is -2.24. The van der Waals surface area contributed by atoms with Crippen molar-refractivity contribution in [3.8, 4) is 17.1 Å². The van der Waals surface area contributed by atoms with E-state index in [9.17, 15) is 9.18 Å². The molecule has 4 rings (SSSR count). The van der Waals surface area contributed by atoms with Gasteiger partial charge < -0.3 is 5.32 Å². The van der Waals surface area contributed by atoms with Crippen molar-refractivity contribution in [2.24, 2.45) is 0 Å². The summed E-state index contributed by atoms with van der Waals surface area (Å²) < 4.78 is 15.1. The zero-order valence-electron chi connectivity index (χ0n) is 19.9. The van der Waals surface area contributed by atoms with Gasteiger partial charge in [-0.2, -0.15) is 0 Å². The highest BCUT2D eigenvalue weighted by atomic mass is 35.5. The SMILES string of the molecule is CCc1cccc(CC)c1-n1c(SCC(=O)NCc2ccc(F)cc2)nnc1-c1ccc(Cl)cc1Cl. The summed E-state index contributed by atoms with van der Waals surface area (Å²) in [5, 5.41) is 13.4. The first-order valence-electron chi connectivity index (χ1n) is 11.6. The van der Waals surface area contributed by atoms with E-state index >= 15 is 0 Å². The van der Waals surface area contributed by atoms with Gasteiger partial charge in [0.1, 0.15) is 5.82 Å². The third-order valence-electron chi connectivity index (χ3n) is 5.73. The van der Waals surface area contributed by atoms with Gasteiger partial charge in [0.15, 0.2) is 11.0 Å². The molecule has 0 aliphatic carbocycles. The van der Waals surface area contributed by atoms with Crippen LogP contribution in [0, 0.1) is 5.82 Å². The van der Waals surface area contributed by atoms with E-state index in [1.165, 1.54) is 23.9 Å². The number of aryl methyl sites for hydroxylation is 2. The van der Waals surface area contributed by atoms with Crippen LogP contribution in [-0.4, -0.2) is 26.4 Å². The maximum Gasteiger partial charge on any atom is 0.230 e. The van der Waals surface area contributed by atoms with Crippen LogP contribution in [0.3, 0.4) is 0 Å². The zero-order valence-corrected chi connectivity index (χ0v) is 22.2. The fraction of sp³-hybridized carbons (Fsp3) is 0.222. The van der Waals surface area contributed by atoms with Crippen molar-refractivity contribution < 1.29 is 9.18 Å². The first-order chi connectivity index (χ1) is 17.4. The molecule has 0 fully saturated rings. The summed E-state index contributed by atoms with van der Waals surface area (Å²) in [6.45, 7) is 4.53. The molecule has 1 amide bonds. The monoisotopic (exact) mass is 542 g/mol. The van der Waals surface area contributed by atoms with Gasteiger partial charge in [-0.1, -0.05) is 79.1 Å². The van der Waals surface area contributed by atoms with Crippen molar-refractivity contribution in [3.05, 3.63) is 93.2 Å². The van der Waals surface area contributed by atoms with Gasteiger partial charge in [0, 0.05) is 17.1 Å². The number of aromatic nitrogens is 3. The van der Waals surface area contributed by atoms with Gasteiger partial charge in [0.05, 0.1) is 16.5 Å². The molecular weight excluding hydrogens is 518 g/mol. The highest BCUT2D eigenvalue weighted by molar-refractivity contribution is 7.99. The number of halogens is 3. The Morgan fingerprint density at radius 1 is 1.00 bits per heavy atom. The molecule has 1 N–H and O–H groups in total. The minimum Gasteiger partial charge on any atom is -0.351 e. The van der Waals surface area contributed by atoms with E-state index in [1.54, 1.807) is 24.3 Å². The summed E-state index contributed by atoms with van der Waals surface area (Å²) in [5.41, 5.74) is 4.81. The third kappa shape index (κ3) is 5.91. The van der Waals surface area contributed by atoms with E-state index in [-0.39, 0.29) is 17.5 Å². The Labute approximate surface area is 224 Å². The number of hydrogen-bond donors (Lipinski definition) is 1. The lowest BCUT2D eigenvalue weighted by atomic mass is 10.0. The standard InChI is InChI=1S/C27H25Cl2FN4OS/c1-3-18-6-5-7-19(4-2)25(18)34-26(22-13-10-20(28)14-23(22)29)32-33-27(34)36-16-24(35)31-15-17-8-11-21(30)12-9-17/h5-14H,3-4,15-16H2,1-2H3,(H,31,35). The Balaban J connectivity index is 1.67.